The van der Waals surface area contributed by atoms with Gasteiger partial charge in [-0.25, -0.2) is 14.7 Å². The van der Waals surface area contributed by atoms with E-state index in [1.807, 2.05) is 24.3 Å². The largest absolute Gasteiger partial charge is 0.362 e. The average molecular weight is 547 g/mol. The summed E-state index contributed by atoms with van der Waals surface area (Å²) in [7, 11) is -4.23. The van der Waals surface area contributed by atoms with Gasteiger partial charge in [0, 0.05) is 29.9 Å². The highest BCUT2D eigenvalue weighted by molar-refractivity contribution is 7.90. The third kappa shape index (κ3) is 5.09. The van der Waals surface area contributed by atoms with Gasteiger partial charge in [0.25, 0.3) is 15.9 Å². The van der Waals surface area contributed by atoms with E-state index in [2.05, 4.69) is 38.8 Å². The van der Waals surface area contributed by atoms with Crippen LogP contribution in [-0.2, 0) is 10.0 Å². The Labute approximate surface area is 229 Å². The minimum atomic E-state index is -4.23. The summed E-state index contributed by atoms with van der Waals surface area (Å²) in [5.74, 6) is 1.04. The van der Waals surface area contributed by atoms with Gasteiger partial charge in [0.15, 0.2) is 5.03 Å². The third-order valence-electron chi connectivity index (χ3n) is 8.34. The van der Waals surface area contributed by atoms with Crippen molar-refractivity contribution in [1.29, 1.82) is 0 Å². The smallest absolute Gasteiger partial charge is 0.281 e. The summed E-state index contributed by atoms with van der Waals surface area (Å²) in [6.07, 6.45) is 7.77. The van der Waals surface area contributed by atoms with Crippen molar-refractivity contribution in [2.75, 3.05) is 16.8 Å². The van der Waals surface area contributed by atoms with Crippen LogP contribution < -0.4 is 14.9 Å². The Kier molecular flexibility index (Phi) is 6.53. The molecule has 10 heteroatoms. The number of amides is 1. The number of rotatable bonds is 2. The fourth-order valence-corrected chi connectivity index (χ4v) is 7.00. The maximum Gasteiger partial charge on any atom is 0.281 e. The van der Waals surface area contributed by atoms with Crippen LogP contribution in [-0.4, -0.2) is 41.4 Å². The maximum atomic E-state index is 13.5. The minimum absolute atomic E-state index is 0.149. The Hall–Kier alpha value is -3.53. The molecule has 1 saturated heterocycles. The van der Waals surface area contributed by atoms with E-state index >= 15 is 0 Å². The van der Waals surface area contributed by atoms with Crippen molar-refractivity contribution in [3.05, 3.63) is 71.7 Å². The van der Waals surface area contributed by atoms with Crippen LogP contribution in [0.3, 0.4) is 0 Å². The van der Waals surface area contributed by atoms with Crippen molar-refractivity contribution in [2.24, 2.45) is 5.92 Å². The fraction of sp³-hybridized carbons (Fsp3) is 0.448. The molecule has 3 aromatic heterocycles. The van der Waals surface area contributed by atoms with Crippen LogP contribution in [0.25, 0.3) is 0 Å². The number of aromatic nitrogens is 3. The monoisotopic (exact) mass is 546 g/mol. The molecule has 2 fully saturated rings. The van der Waals surface area contributed by atoms with Crippen molar-refractivity contribution in [2.45, 2.75) is 74.9 Å². The van der Waals surface area contributed by atoms with Crippen molar-refractivity contribution in [1.82, 2.24) is 19.7 Å². The van der Waals surface area contributed by atoms with E-state index in [-0.39, 0.29) is 22.2 Å². The number of sulfonamides is 1. The molecule has 1 aliphatic carbocycles. The molecule has 0 unspecified atom stereocenters. The molecule has 1 amide bonds. The predicted octanol–water partition coefficient (Wildman–Crippen LogP) is 4.81. The number of carbonyl (C=O) groups excluding carboxylic acids is 1. The first kappa shape index (κ1) is 25.7. The molecule has 1 saturated carbocycles. The summed E-state index contributed by atoms with van der Waals surface area (Å²) < 4.78 is 28.9. The highest BCUT2D eigenvalue weighted by atomic mass is 32.2. The second kappa shape index (κ2) is 9.89. The Morgan fingerprint density at radius 2 is 1.79 bits per heavy atom. The Morgan fingerprint density at radius 1 is 0.949 bits per heavy atom. The molecule has 39 heavy (non-hydrogen) atoms. The van der Waals surface area contributed by atoms with Crippen LogP contribution in [0.4, 0.5) is 11.6 Å². The number of fused-ring (bicyclic) bond motifs is 6. The molecule has 2 N–H and O–H groups in total. The van der Waals surface area contributed by atoms with Crippen LogP contribution in [0.1, 0.15) is 86.1 Å². The zero-order valence-corrected chi connectivity index (χ0v) is 23.1. The first-order valence-corrected chi connectivity index (χ1v) is 15.2. The second-order valence-corrected chi connectivity index (χ2v) is 13.2. The quantitative estimate of drug-likeness (QED) is 0.470. The molecular weight excluding hydrogens is 512 g/mol. The Bertz CT molecular complexity index is 1490. The van der Waals surface area contributed by atoms with E-state index in [4.69, 9.17) is 4.98 Å². The normalized spacial score (nSPS) is 24.4. The molecule has 2 aliphatic heterocycles. The van der Waals surface area contributed by atoms with Gasteiger partial charge in [0.1, 0.15) is 11.6 Å². The summed E-state index contributed by atoms with van der Waals surface area (Å²) in [4.78, 5) is 29.7. The van der Waals surface area contributed by atoms with Crippen molar-refractivity contribution < 1.29 is 13.2 Å². The second-order valence-electron chi connectivity index (χ2n) is 11.6. The van der Waals surface area contributed by atoms with Gasteiger partial charge in [-0.3, -0.25) is 9.78 Å². The summed E-state index contributed by atoms with van der Waals surface area (Å²) in [5, 5.41) is 3.18. The molecule has 3 aliphatic rings. The number of pyridine rings is 3. The Morgan fingerprint density at radius 3 is 2.54 bits per heavy atom. The Balaban J connectivity index is 1.44. The van der Waals surface area contributed by atoms with Gasteiger partial charge in [-0.15, -0.1) is 0 Å². The number of anilines is 2. The zero-order valence-electron chi connectivity index (χ0n) is 22.3. The maximum absolute atomic E-state index is 13.5. The standard InChI is InChI=1S/C29H34N6O3S/c1-29(2)17-19-12-14-24(23-9-3-4-16-30-23)31-25-10-6-11-26(33-25)39(37,38)34-28(36)21-13-15-22(20-7-5-8-20)32-27(21)35(29)18-19/h3-4,6,9-11,13,15-16,19-20,24H,5,7-8,12,14,17-18H2,1-2H3,(H,31,33)(H,34,36)/t19-,24+/m0/s1. The lowest BCUT2D eigenvalue weighted by atomic mass is 9.82. The van der Waals surface area contributed by atoms with Crippen LogP contribution in [0, 0.1) is 5.92 Å². The van der Waals surface area contributed by atoms with Gasteiger partial charge in [-0.05, 0) is 88.3 Å². The SMILES string of the molecule is CC1(C)C[C@@H]2CC[C@H](c3ccccn3)Nc3cccc(n3)S(=O)(=O)NC(=O)c3ccc(C4CCC4)nc3N1C2. The molecule has 0 aromatic carbocycles. The van der Waals surface area contributed by atoms with Crippen LogP contribution >= 0.6 is 0 Å². The van der Waals surface area contributed by atoms with E-state index in [1.165, 1.54) is 12.5 Å². The third-order valence-corrected chi connectivity index (χ3v) is 9.57. The first-order valence-electron chi connectivity index (χ1n) is 13.7. The van der Waals surface area contributed by atoms with Crippen molar-refractivity contribution in [3.63, 3.8) is 0 Å². The summed E-state index contributed by atoms with van der Waals surface area (Å²) in [6, 6.07) is 14.0. The van der Waals surface area contributed by atoms with Crippen LogP contribution in [0.2, 0.25) is 0 Å². The molecule has 204 valence electrons. The molecule has 5 heterocycles. The number of nitrogens with zero attached hydrogens (tertiary/aromatic N) is 4. The number of carbonyl (C=O) groups is 1. The number of hydrogen-bond donors (Lipinski definition) is 2. The molecular formula is C29H34N6O3S. The van der Waals surface area contributed by atoms with Gasteiger partial charge >= 0.3 is 0 Å². The summed E-state index contributed by atoms with van der Waals surface area (Å²) in [5.41, 5.74) is 1.87. The van der Waals surface area contributed by atoms with E-state index < -0.39 is 15.9 Å². The van der Waals surface area contributed by atoms with Gasteiger partial charge < -0.3 is 10.2 Å². The lowest BCUT2D eigenvalue weighted by Gasteiger charge is -2.35. The molecule has 6 rings (SSSR count). The molecule has 3 aromatic rings. The van der Waals surface area contributed by atoms with Gasteiger partial charge in [-0.2, -0.15) is 8.42 Å². The van der Waals surface area contributed by atoms with Crippen LogP contribution in [0.15, 0.2) is 59.8 Å². The van der Waals surface area contributed by atoms with Gasteiger partial charge in [0.2, 0.25) is 0 Å². The van der Waals surface area contributed by atoms with E-state index in [9.17, 15) is 13.2 Å². The predicted molar refractivity (Wildman–Crippen MR) is 149 cm³/mol. The lowest BCUT2D eigenvalue weighted by molar-refractivity contribution is 0.0981. The zero-order chi connectivity index (χ0) is 27.2. The highest BCUT2D eigenvalue weighted by Gasteiger charge is 2.41. The van der Waals surface area contributed by atoms with E-state index in [1.54, 1.807) is 24.4 Å². The topological polar surface area (TPSA) is 117 Å². The highest BCUT2D eigenvalue weighted by Crippen LogP contribution is 2.42. The molecule has 2 atom stereocenters. The number of hydrogen-bond acceptors (Lipinski definition) is 8. The fourth-order valence-electron chi connectivity index (χ4n) is 6.06. The summed E-state index contributed by atoms with van der Waals surface area (Å²) in [6.45, 7) is 5.09. The van der Waals surface area contributed by atoms with Gasteiger partial charge in [0.05, 0.1) is 17.3 Å². The van der Waals surface area contributed by atoms with Gasteiger partial charge in [-0.1, -0.05) is 18.6 Å². The van der Waals surface area contributed by atoms with Crippen molar-refractivity contribution >= 4 is 27.6 Å². The van der Waals surface area contributed by atoms with Crippen LogP contribution in [0.5, 0.6) is 0 Å². The molecule has 9 nitrogen and oxygen atoms in total. The molecule has 0 radical (unpaired) electrons. The number of nitrogens with one attached hydrogen (secondary N) is 2. The lowest BCUT2D eigenvalue weighted by Crippen LogP contribution is -2.41. The summed E-state index contributed by atoms with van der Waals surface area (Å²) >= 11 is 0. The minimum Gasteiger partial charge on any atom is -0.362 e. The molecule has 0 spiro atoms. The van der Waals surface area contributed by atoms with E-state index in [0.717, 1.165) is 50.0 Å². The van der Waals surface area contributed by atoms with Crippen molar-refractivity contribution in [3.8, 4) is 0 Å². The average Bonchev–Trinajstić information content (AvgIpc) is 3.19. The molecule has 4 bridgehead atoms. The first-order chi connectivity index (χ1) is 18.7. The van der Waals surface area contributed by atoms with E-state index in [0.29, 0.717) is 23.5 Å².